The smallest absolute Gasteiger partial charge is 0.102 e. The van der Waals surface area contributed by atoms with Crippen molar-refractivity contribution in [2.75, 3.05) is 26.3 Å². The Labute approximate surface area is 184 Å². The fourth-order valence-corrected chi connectivity index (χ4v) is 5.69. The van der Waals surface area contributed by atoms with Crippen molar-refractivity contribution in [3.63, 3.8) is 0 Å². The Kier molecular flexibility index (Phi) is 6.02. The first-order valence-corrected chi connectivity index (χ1v) is 11.9. The molecule has 4 heterocycles. The van der Waals surface area contributed by atoms with E-state index in [1.54, 1.807) is 0 Å². The zero-order chi connectivity index (χ0) is 21.4. The molecular formula is C24H34N4OS. The van der Waals surface area contributed by atoms with Crippen molar-refractivity contribution in [3.05, 3.63) is 46.2 Å². The van der Waals surface area contributed by atoms with Gasteiger partial charge in [0.1, 0.15) is 5.52 Å². The second kappa shape index (κ2) is 8.40. The van der Waals surface area contributed by atoms with Crippen LogP contribution in [0.15, 0.2) is 30.0 Å². The van der Waals surface area contributed by atoms with E-state index in [1.165, 1.54) is 27.9 Å². The first kappa shape index (κ1) is 21.5. The third kappa shape index (κ3) is 4.05. The minimum absolute atomic E-state index is 0.0359. The summed E-state index contributed by atoms with van der Waals surface area (Å²) in [6, 6.07) is 4.35. The maximum Gasteiger partial charge on any atom is 0.102 e. The molecule has 1 fully saturated rings. The molecule has 3 aromatic rings. The Morgan fingerprint density at radius 1 is 1.27 bits per heavy atom. The van der Waals surface area contributed by atoms with Crippen molar-refractivity contribution >= 4 is 22.4 Å². The molecular weight excluding hydrogens is 392 g/mol. The Morgan fingerprint density at radius 2 is 2.10 bits per heavy atom. The molecule has 4 rings (SSSR count). The molecule has 5 nitrogen and oxygen atoms in total. The van der Waals surface area contributed by atoms with E-state index in [4.69, 9.17) is 4.74 Å². The van der Waals surface area contributed by atoms with Crippen LogP contribution in [-0.2, 0) is 23.7 Å². The number of hydrogen-bond donors (Lipinski definition) is 0. The summed E-state index contributed by atoms with van der Waals surface area (Å²) in [5.74, 6) is 0. The van der Waals surface area contributed by atoms with Gasteiger partial charge in [0.25, 0.3) is 0 Å². The number of rotatable bonds is 8. The lowest BCUT2D eigenvalue weighted by molar-refractivity contribution is 0.0386. The van der Waals surface area contributed by atoms with Crippen LogP contribution in [0.3, 0.4) is 0 Å². The van der Waals surface area contributed by atoms with E-state index in [0.717, 1.165) is 44.8 Å². The summed E-state index contributed by atoms with van der Waals surface area (Å²) < 4.78 is 8.12. The number of nitrogens with zero attached hydrogens (tertiary/aromatic N) is 4. The third-order valence-corrected chi connectivity index (χ3v) is 7.92. The predicted octanol–water partition coefficient (Wildman–Crippen LogP) is 4.93. The van der Waals surface area contributed by atoms with E-state index in [1.807, 2.05) is 30.8 Å². The lowest BCUT2D eigenvalue weighted by Crippen LogP contribution is -2.42. The largest absolute Gasteiger partial charge is 0.381 e. The summed E-state index contributed by atoms with van der Waals surface area (Å²) in [6.07, 6.45) is 7.34. The summed E-state index contributed by atoms with van der Waals surface area (Å²) in [4.78, 5) is 13.2. The van der Waals surface area contributed by atoms with E-state index < -0.39 is 0 Å². The summed E-state index contributed by atoms with van der Waals surface area (Å²) >= 11 is 1.85. The minimum Gasteiger partial charge on any atom is -0.381 e. The summed E-state index contributed by atoms with van der Waals surface area (Å²) in [5, 5.41) is 2.24. The Balaban J connectivity index is 1.51. The highest BCUT2D eigenvalue weighted by Crippen LogP contribution is 2.42. The normalized spacial score (nSPS) is 20.4. The van der Waals surface area contributed by atoms with E-state index in [9.17, 15) is 0 Å². The van der Waals surface area contributed by atoms with Crippen molar-refractivity contribution in [2.24, 2.45) is 12.5 Å². The fourth-order valence-electron chi connectivity index (χ4n) is 4.67. The fraction of sp³-hybridized carbons (Fsp3) is 0.583. The second-order valence-electron chi connectivity index (χ2n) is 9.30. The van der Waals surface area contributed by atoms with Crippen molar-refractivity contribution in [2.45, 2.75) is 52.5 Å². The monoisotopic (exact) mass is 426 g/mol. The molecule has 1 atom stereocenters. The average molecular weight is 427 g/mol. The summed E-state index contributed by atoms with van der Waals surface area (Å²) in [5.41, 5.74) is 4.93. The number of aryl methyl sites for hydroxylation is 3. The molecule has 30 heavy (non-hydrogen) atoms. The van der Waals surface area contributed by atoms with Gasteiger partial charge in [0.05, 0.1) is 18.5 Å². The number of hydrogen-bond acceptors (Lipinski definition) is 5. The van der Waals surface area contributed by atoms with Gasteiger partial charge in [-0.1, -0.05) is 6.07 Å². The van der Waals surface area contributed by atoms with Crippen molar-refractivity contribution < 1.29 is 4.74 Å². The van der Waals surface area contributed by atoms with Crippen LogP contribution in [0.2, 0.25) is 0 Å². The molecule has 0 aromatic carbocycles. The van der Waals surface area contributed by atoms with Gasteiger partial charge >= 0.3 is 0 Å². The van der Waals surface area contributed by atoms with E-state index in [2.05, 4.69) is 64.8 Å². The number of aromatic nitrogens is 3. The molecule has 1 saturated heterocycles. The summed E-state index contributed by atoms with van der Waals surface area (Å²) in [6.45, 7) is 12.6. The maximum absolute atomic E-state index is 6.01. The van der Waals surface area contributed by atoms with E-state index in [-0.39, 0.29) is 11.0 Å². The van der Waals surface area contributed by atoms with Crippen LogP contribution in [0.25, 0.3) is 11.0 Å². The Bertz CT molecular complexity index is 990. The zero-order valence-corrected chi connectivity index (χ0v) is 19.8. The highest BCUT2D eigenvalue weighted by Gasteiger charge is 2.43. The molecule has 0 bridgehead atoms. The lowest BCUT2D eigenvalue weighted by atomic mass is 9.82. The molecule has 0 amide bonds. The van der Waals surface area contributed by atoms with E-state index >= 15 is 0 Å². The van der Waals surface area contributed by atoms with Gasteiger partial charge in [-0.25, -0.2) is 4.98 Å². The summed E-state index contributed by atoms with van der Waals surface area (Å²) in [7, 11) is 2.07. The zero-order valence-electron chi connectivity index (χ0n) is 18.9. The van der Waals surface area contributed by atoms with Crippen molar-refractivity contribution in [1.29, 1.82) is 0 Å². The highest BCUT2D eigenvalue weighted by molar-refractivity contribution is 7.11. The molecule has 0 N–H and O–H groups in total. The van der Waals surface area contributed by atoms with Crippen LogP contribution >= 0.6 is 11.3 Å². The number of imidazole rings is 1. The van der Waals surface area contributed by atoms with Crippen LogP contribution in [0.5, 0.6) is 0 Å². The van der Waals surface area contributed by atoms with Gasteiger partial charge in [-0.15, -0.1) is 11.3 Å². The molecule has 0 saturated carbocycles. The van der Waals surface area contributed by atoms with Crippen LogP contribution in [0.1, 0.15) is 49.7 Å². The van der Waals surface area contributed by atoms with Gasteiger partial charge in [0, 0.05) is 53.3 Å². The molecule has 0 spiro atoms. The van der Waals surface area contributed by atoms with Crippen LogP contribution < -0.4 is 0 Å². The van der Waals surface area contributed by atoms with Gasteiger partial charge in [-0.05, 0) is 65.1 Å². The quantitative estimate of drug-likeness (QED) is 0.512. The lowest BCUT2D eigenvalue weighted by Gasteiger charge is -2.38. The Morgan fingerprint density at radius 3 is 2.83 bits per heavy atom. The standard InChI is InChI=1S/C24H34N4OS/c1-6-29-16-24(10-9-21-22-20(14-30-21)27(5)17-26-22)11-12-28(15-24)23(3,4)19-8-7-18(2)25-13-19/h7-8,13-14,17H,6,9-12,15-16H2,1-5H3/t24-/m0/s1. The number of ether oxygens (including phenoxy) is 1. The molecule has 0 aliphatic carbocycles. The highest BCUT2D eigenvalue weighted by atomic mass is 32.1. The second-order valence-corrected chi connectivity index (χ2v) is 10.3. The maximum atomic E-state index is 6.01. The van der Waals surface area contributed by atoms with Gasteiger partial charge in [-0.3, -0.25) is 9.88 Å². The molecule has 0 unspecified atom stereocenters. The molecule has 1 aliphatic rings. The van der Waals surface area contributed by atoms with Crippen LogP contribution in [0.4, 0.5) is 0 Å². The SMILES string of the molecule is CCOC[C@@]1(CCc2scc3c2ncn3C)CCN(C(C)(C)c2ccc(C)nc2)C1. The molecule has 6 heteroatoms. The van der Waals surface area contributed by atoms with Gasteiger partial charge in [0.2, 0.25) is 0 Å². The molecule has 1 aliphatic heterocycles. The van der Waals surface area contributed by atoms with Crippen LogP contribution in [0, 0.1) is 12.3 Å². The average Bonchev–Trinajstić information content (AvgIpc) is 3.43. The number of pyridine rings is 1. The topological polar surface area (TPSA) is 43.2 Å². The molecule has 162 valence electrons. The van der Waals surface area contributed by atoms with Crippen LogP contribution in [-0.4, -0.2) is 45.7 Å². The minimum atomic E-state index is -0.0359. The van der Waals surface area contributed by atoms with Crippen molar-refractivity contribution in [1.82, 2.24) is 19.4 Å². The molecule has 0 radical (unpaired) electrons. The number of thiophene rings is 1. The van der Waals surface area contributed by atoms with Gasteiger partial charge in [-0.2, -0.15) is 0 Å². The number of likely N-dealkylation sites (tertiary alicyclic amines) is 1. The first-order chi connectivity index (χ1) is 14.3. The molecule has 3 aromatic heterocycles. The number of fused-ring (bicyclic) bond motifs is 1. The Hall–Kier alpha value is -1.76. The van der Waals surface area contributed by atoms with Gasteiger partial charge in [0.15, 0.2) is 0 Å². The van der Waals surface area contributed by atoms with E-state index in [0.29, 0.717) is 0 Å². The third-order valence-electron chi connectivity index (χ3n) is 6.90. The first-order valence-electron chi connectivity index (χ1n) is 11.0. The van der Waals surface area contributed by atoms with Gasteiger partial charge < -0.3 is 9.30 Å². The van der Waals surface area contributed by atoms with Crippen molar-refractivity contribution in [3.8, 4) is 0 Å². The predicted molar refractivity (Wildman–Crippen MR) is 124 cm³/mol.